The molecule has 0 aromatic carbocycles. The Bertz CT molecular complexity index is 516. The second-order valence-electron chi connectivity index (χ2n) is 7.62. The average Bonchev–Trinajstić information content (AvgIpc) is 2.92. The zero-order valence-electron chi connectivity index (χ0n) is 13.9. The Hall–Kier alpha value is -0.890. The first-order chi connectivity index (χ1) is 10.5. The van der Waals surface area contributed by atoms with E-state index in [0.29, 0.717) is 18.3 Å². The Morgan fingerprint density at radius 3 is 2.86 bits per heavy atom. The SMILES string of the molecule is CCCCC1C(C2=CC(O)CC2)CC=C2CC(F)=CCC21C. The predicted octanol–water partition coefficient (Wildman–Crippen LogP) is 5.47. The molecule has 1 nitrogen and oxygen atoms in total. The molecule has 0 amide bonds. The van der Waals surface area contributed by atoms with Crippen molar-refractivity contribution in [1.29, 1.82) is 0 Å². The molecular weight excluding hydrogens is 275 g/mol. The number of aliphatic hydroxyl groups excluding tert-OH is 1. The van der Waals surface area contributed by atoms with E-state index in [9.17, 15) is 9.50 Å². The number of halogens is 1. The predicted molar refractivity (Wildman–Crippen MR) is 89.1 cm³/mol. The summed E-state index contributed by atoms with van der Waals surface area (Å²) in [4.78, 5) is 0. The van der Waals surface area contributed by atoms with Crippen LogP contribution in [0.15, 0.2) is 35.2 Å². The zero-order valence-corrected chi connectivity index (χ0v) is 13.9. The average molecular weight is 304 g/mol. The number of hydrogen-bond donors (Lipinski definition) is 1. The Morgan fingerprint density at radius 2 is 2.18 bits per heavy atom. The molecule has 2 heteroatoms. The van der Waals surface area contributed by atoms with Crippen molar-refractivity contribution in [2.75, 3.05) is 0 Å². The summed E-state index contributed by atoms with van der Waals surface area (Å²) in [5.41, 5.74) is 2.89. The molecule has 3 aliphatic rings. The summed E-state index contributed by atoms with van der Waals surface area (Å²) in [7, 11) is 0. The first-order valence-electron chi connectivity index (χ1n) is 8.97. The monoisotopic (exact) mass is 304 g/mol. The van der Waals surface area contributed by atoms with E-state index in [4.69, 9.17) is 0 Å². The van der Waals surface area contributed by atoms with Crippen molar-refractivity contribution in [3.8, 4) is 0 Å². The molecule has 0 aliphatic heterocycles. The third-order valence-electron chi connectivity index (χ3n) is 6.24. The Balaban J connectivity index is 1.91. The van der Waals surface area contributed by atoms with Crippen molar-refractivity contribution < 1.29 is 9.50 Å². The lowest BCUT2D eigenvalue weighted by atomic mass is 9.56. The van der Waals surface area contributed by atoms with Gasteiger partial charge >= 0.3 is 0 Å². The second-order valence-corrected chi connectivity index (χ2v) is 7.62. The molecule has 0 aromatic rings. The van der Waals surface area contributed by atoms with E-state index in [-0.39, 0.29) is 17.3 Å². The molecule has 4 atom stereocenters. The van der Waals surface area contributed by atoms with Crippen molar-refractivity contribution in [1.82, 2.24) is 0 Å². The van der Waals surface area contributed by atoms with Crippen LogP contribution >= 0.6 is 0 Å². The van der Waals surface area contributed by atoms with Crippen LogP contribution in [0.25, 0.3) is 0 Å². The zero-order chi connectivity index (χ0) is 15.7. The van der Waals surface area contributed by atoms with E-state index in [1.807, 2.05) is 6.08 Å². The highest BCUT2D eigenvalue weighted by Gasteiger charge is 2.46. The molecule has 3 aliphatic carbocycles. The smallest absolute Gasteiger partial charge is 0.100 e. The Kier molecular flexibility index (Phi) is 4.59. The van der Waals surface area contributed by atoms with Gasteiger partial charge in [0.05, 0.1) is 6.10 Å². The quantitative estimate of drug-likeness (QED) is 0.682. The first kappa shape index (κ1) is 16.0. The van der Waals surface area contributed by atoms with E-state index in [2.05, 4.69) is 26.0 Å². The van der Waals surface area contributed by atoms with Crippen molar-refractivity contribution in [3.63, 3.8) is 0 Å². The Labute approximate surface area is 134 Å². The van der Waals surface area contributed by atoms with Gasteiger partial charge in [-0.1, -0.05) is 56.1 Å². The fourth-order valence-electron chi connectivity index (χ4n) is 4.87. The minimum absolute atomic E-state index is 0.0481. The van der Waals surface area contributed by atoms with E-state index in [1.165, 1.54) is 30.4 Å². The van der Waals surface area contributed by atoms with Gasteiger partial charge in [0.15, 0.2) is 0 Å². The molecule has 0 bridgehead atoms. The van der Waals surface area contributed by atoms with Crippen LogP contribution in [0.2, 0.25) is 0 Å². The number of rotatable bonds is 4. The van der Waals surface area contributed by atoms with Gasteiger partial charge in [-0.15, -0.1) is 0 Å². The molecule has 0 aromatic heterocycles. The summed E-state index contributed by atoms with van der Waals surface area (Å²) in [6, 6.07) is 0. The first-order valence-corrected chi connectivity index (χ1v) is 8.97. The highest BCUT2D eigenvalue weighted by molar-refractivity contribution is 5.32. The van der Waals surface area contributed by atoms with Gasteiger partial charge in [-0.05, 0) is 49.4 Å². The number of aliphatic hydroxyl groups is 1. The number of unbranched alkanes of at least 4 members (excludes halogenated alkanes) is 1. The summed E-state index contributed by atoms with van der Waals surface area (Å²) in [5.74, 6) is 1.19. The highest BCUT2D eigenvalue weighted by Crippen LogP contribution is 2.56. The minimum atomic E-state index is -0.247. The van der Waals surface area contributed by atoms with Crippen molar-refractivity contribution in [3.05, 3.63) is 35.2 Å². The van der Waals surface area contributed by atoms with E-state index < -0.39 is 0 Å². The van der Waals surface area contributed by atoms with Gasteiger partial charge in [0.25, 0.3) is 0 Å². The second kappa shape index (κ2) is 6.31. The van der Waals surface area contributed by atoms with Gasteiger partial charge in [0, 0.05) is 6.42 Å². The van der Waals surface area contributed by atoms with Crippen LogP contribution in [0.5, 0.6) is 0 Å². The van der Waals surface area contributed by atoms with Crippen LogP contribution in [0.3, 0.4) is 0 Å². The van der Waals surface area contributed by atoms with Gasteiger partial charge in [-0.25, -0.2) is 4.39 Å². The maximum atomic E-state index is 13.7. The molecule has 0 saturated heterocycles. The van der Waals surface area contributed by atoms with Crippen molar-refractivity contribution in [2.24, 2.45) is 17.3 Å². The molecule has 0 saturated carbocycles. The van der Waals surface area contributed by atoms with Crippen LogP contribution in [0.4, 0.5) is 4.39 Å². The summed E-state index contributed by atoms with van der Waals surface area (Å²) < 4.78 is 13.7. The lowest BCUT2D eigenvalue weighted by molar-refractivity contribution is 0.136. The van der Waals surface area contributed by atoms with Gasteiger partial charge in [-0.3, -0.25) is 0 Å². The molecule has 0 spiro atoms. The number of allylic oxidation sites excluding steroid dienone is 5. The highest BCUT2D eigenvalue weighted by atomic mass is 19.1. The third kappa shape index (κ3) is 2.82. The van der Waals surface area contributed by atoms with Gasteiger partial charge < -0.3 is 5.11 Å². The fraction of sp³-hybridized carbons (Fsp3) is 0.700. The van der Waals surface area contributed by atoms with E-state index in [0.717, 1.165) is 25.7 Å². The molecule has 0 heterocycles. The maximum absolute atomic E-state index is 13.7. The van der Waals surface area contributed by atoms with E-state index >= 15 is 0 Å². The fourth-order valence-corrected chi connectivity index (χ4v) is 4.87. The maximum Gasteiger partial charge on any atom is 0.100 e. The molecule has 0 radical (unpaired) electrons. The Morgan fingerprint density at radius 1 is 1.36 bits per heavy atom. The number of hydrogen-bond acceptors (Lipinski definition) is 1. The summed E-state index contributed by atoms with van der Waals surface area (Å²) >= 11 is 0. The number of fused-ring (bicyclic) bond motifs is 1. The standard InChI is InChI=1S/C20H29FO/c1-3-4-5-19-18(14-6-8-17(22)12-14)9-7-15-13-16(21)10-11-20(15,19)2/h7,10,12,17-19,22H,3-6,8-9,11,13H2,1-2H3. The van der Waals surface area contributed by atoms with Crippen molar-refractivity contribution in [2.45, 2.75) is 71.3 Å². The largest absolute Gasteiger partial charge is 0.389 e. The van der Waals surface area contributed by atoms with Gasteiger partial charge in [-0.2, -0.15) is 0 Å². The molecule has 122 valence electrons. The topological polar surface area (TPSA) is 20.2 Å². The van der Waals surface area contributed by atoms with Gasteiger partial charge in [0.2, 0.25) is 0 Å². The minimum Gasteiger partial charge on any atom is -0.389 e. The molecule has 1 N–H and O–H groups in total. The molecule has 4 unspecified atom stereocenters. The lowest BCUT2D eigenvalue weighted by Crippen LogP contribution is -2.39. The summed E-state index contributed by atoms with van der Waals surface area (Å²) in [6.45, 7) is 4.59. The molecular formula is C20H29FO. The summed E-state index contributed by atoms with van der Waals surface area (Å²) in [5, 5.41) is 9.87. The molecule has 22 heavy (non-hydrogen) atoms. The summed E-state index contributed by atoms with van der Waals surface area (Å²) in [6.07, 6.45) is 14.0. The normalized spacial score (nSPS) is 38.2. The van der Waals surface area contributed by atoms with Crippen molar-refractivity contribution >= 4 is 0 Å². The van der Waals surface area contributed by atoms with Crippen LogP contribution < -0.4 is 0 Å². The molecule has 3 rings (SSSR count). The molecule has 0 fully saturated rings. The van der Waals surface area contributed by atoms with Crippen LogP contribution in [-0.4, -0.2) is 11.2 Å². The van der Waals surface area contributed by atoms with Gasteiger partial charge in [0.1, 0.15) is 5.83 Å². The van der Waals surface area contributed by atoms with Crippen LogP contribution in [-0.2, 0) is 0 Å². The van der Waals surface area contributed by atoms with Crippen LogP contribution in [0.1, 0.15) is 65.2 Å². The lowest BCUT2D eigenvalue weighted by Gasteiger charge is -2.49. The third-order valence-corrected chi connectivity index (χ3v) is 6.24. The van der Waals surface area contributed by atoms with E-state index in [1.54, 1.807) is 0 Å². The van der Waals surface area contributed by atoms with Crippen LogP contribution in [0, 0.1) is 17.3 Å².